The molecule has 1 aliphatic heterocycles. The lowest BCUT2D eigenvalue weighted by Gasteiger charge is -2.21. The van der Waals surface area contributed by atoms with Gasteiger partial charge in [-0.05, 0) is 99.1 Å². The quantitative estimate of drug-likeness (QED) is 0.164. The lowest BCUT2D eigenvalue weighted by atomic mass is 9.82. The first kappa shape index (κ1) is 33.5. The van der Waals surface area contributed by atoms with Crippen molar-refractivity contribution in [3.63, 3.8) is 0 Å². The number of nitrogens with zero attached hydrogens (tertiary/aromatic N) is 2. The van der Waals surface area contributed by atoms with Gasteiger partial charge in [0.2, 0.25) is 0 Å². The van der Waals surface area contributed by atoms with E-state index >= 15 is 0 Å². The summed E-state index contributed by atoms with van der Waals surface area (Å²) in [5.74, 6) is 1.35. The van der Waals surface area contributed by atoms with Crippen molar-refractivity contribution >= 4 is 87.7 Å². The molecule has 0 N–H and O–H groups in total. The lowest BCUT2D eigenvalue weighted by molar-refractivity contribution is 0.475. The summed E-state index contributed by atoms with van der Waals surface area (Å²) >= 11 is 0. The largest absolute Gasteiger partial charge is 0.458 e. The SMILES string of the molecule is CCC1CC(c2ccccc2)c2oc3cc(-c4ccc5c(c4)c4ccccc4n5-c4cc5oc6cccc7c8ccccc8c(c4)c5c67)ccc3c2N=C1c1ccccc1. The van der Waals surface area contributed by atoms with Crippen molar-refractivity contribution in [2.24, 2.45) is 10.9 Å². The third-order valence-electron chi connectivity index (χ3n) is 13.3. The van der Waals surface area contributed by atoms with E-state index in [0.29, 0.717) is 5.92 Å². The normalized spacial score (nSPS) is 15.8. The van der Waals surface area contributed by atoms with Crippen LogP contribution < -0.4 is 0 Å². The van der Waals surface area contributed by atoms with Crippen LogP contribution in [0.2, 0.25) is 0 Å². The van der Waals surface area contributed by atoms with Crippen LogP contribution in [0.15, 0.2) is 190 Å². The molecule has 0 spiro atoms. The van der Waals surface area contributed by atoms with Gasteiger partial charge in [0.15, 0.2) is 0 Å². The molecule has 2 unspecified atom stereocenters. The highest BCUT2D eigenvalue weighted by Crippen LogP contribution is 2.48. The van der Waals surface area contributed by atoms with E-state index in [-0.39, 0.29) is 5.92 Å². The van der Waals surface area contributed by atoms with Gasteiger partial charge in [-0.3, -0.25) is 0 Å². The summed E-state index contributed by atoms with van der Waals surface area (Å²) in [4.78, 5) is 5.51. The molecule has 0 radical (unpaired) electrons. The highest BCUT2D eigenvalue weighted by Gasteiger charge is 2.33. The van der Waals surface area contributed by atoms with Crippen molar-refractivity contribution in [1.82, 2.24) is 4.57 Å². The van der Waals surface area contributed by atoms with Gasteiger partial charge >= 0.3 is 0 Å². The van der Waals surface area contributed by atoms with E-state index in [1.54, 1.807) is 0 Å². The van der Waals surface area contributed by atoms with E-state index in [2.05, 4.69) is 187 Å². The summed E-state index contributed by atoms with van der Waals surface area (Å²) in [6.45, 7) is 2.28. The summed E-state index contributed by atoms with van der Waals surface area (Å²) < 4.78 is 16.0. The van der Waals surface area contributed by atoms with Crippen LogP contribution in [-0.2, 0) is 0 Å². The highest BCUT2D eigenvalue weighted by atomic mass is 16.3. The molecule has 0 amide bonds. The smallest absolute Gasteiger partial charge is 0.138 e. The molecule has 3 aromatic heterocycles. The summed E-state index contributed by atoms with van der Waals surface area (Å²) in [5.41, 5.74) is 12.9. The molecular weight excluding hydrogens is 733 g/mol. The molecule has 9 aromatic carbocycles. The molecular formula is C56H38N2O2. The number of hydrogen-bond donors (Lipinski definition) is 0. The molecule has 1 aliphatic rings. The van der Waals surface area contributed by atoms with Crippen molar-refractivity contribution in [2.75, 3.05) is 0 Å². The van der Waals surface area contributed by atoms with Gasteiger partial charge < -0.3 is 13.4 Å². The third kappa shape index (κ3) is 4.82. The Morgan fingerprint density at radius 3 is 2.02 bits per heavy atom. The fourth-order valence-electron chi connectivity index (χ4n) is 10.5. The number of hydrogen-bond acceptors (Lipinski definition) is 3. The Labute approximate surface area is 345 Å². The van der Waals surface area contributed by atoms with Gasteiger partial charge in [0.1, 0.15) is 28.2 Å². The minimum Gasteiger partial charge on any atom is -0.458 e. The Morgan fingerprint density at radius 2 is 1.18 bits per heavy atom. The van der Waals surface area contributed by atoms with Crippen LogP contribution in [0, 0.1) is 5.92 Å². The molecule has 284 valence electrons. The van der Waals surface area contributed by atoms with Crippen LogP contribution >= 0.6 is 0 Å². The second-order valence-electron chi connectivity index (χ2n) is 16.5. The molecule has 0 saturated carbocycles. The molecule has 13 rings (SSSR count). The minimum absolute atomic E-state index is 0.0956. The number of para-hydroxylation sites is 1. The Morgan fingerprint density at radius 1 is 0.500 bits per heavy atom. The molecule has 4 nitrogen and oxygen atoms in total. The molecule has 0 aliphatic carbocycles. The Bertz CT molecular complexity index is 3680. The Hall–Kier alpha value is -7.43. The van der Waals surface area contributed by atoms with Gasteiger partial charge in [0.05, 0.1) is 22.4 Å². The number of rotatable bonds is 5. The number of benzene rings is 9. The standard InChI is InChI=1S/C56H38N2O2/c1-2-33-28-44(34-14-5-3-6-15-34)56-55(57-54(33)35-16-7-4-8-17-35)43-26-24-37(30-50(43)60-56)36-25-27-48-45(29-36)41-20-11-12-22-47(41)58(48)38-31-46-40-19-10-9-18-39(40)42-21-13-23-49-52(42)53(46)51(32-38)59-49/h3-27,29-33,44H,2,28H2,1H3. The molecule has 12 aromatic rings. The van der Waals surface area contributed by atoms with Crippen LogP contribution in [-0.4, -0.2) is 10.3 Å². The van der Waals surface area contributed by atoms with Crippen molar-refractivity contribution in [1.29, 1.82) is 0 Å². The molecule has 0 bridgehead atoms. The molecule has 4 heterocycles. The molecule has 0 saturated heterocycles. The predicted molar refractivity (Wildman–Crippen MR) is 249 cm³/mol. The highest BCUT2D eigenvalue weighted by molar-refractivity contribution is 6.33. The fraction of sp³-hybridized carbons (Fsp3) is 0.0893. The van der Waals surface area contributed by atoms with E-state index in [1.807, 2.05) is 0 Å². The predicted octanol–water partition coefficient (Wildman–Crippen LogP) is 15.5. The zero-order valence-electron chi connectivity index (χ0n) is 33.0. The number of aliphatic imine (C=N–C) groups is 1. The van der Waals surface area contributed by atoms with Crippen molar-refractivity contribution in [3.05, 3.63) is 193 Å². The van der Waals surface area contributed by atoms with Gasteiger partial charge in [0.25, 0.3) is 0 Å². The second kappa shape index (κ2) is 12.8. The molecule has 0 fully saturated rings. The van der Waals surface area contributed by atoms with Gasteiger partial charge in [-0.15, -0.1) is 0 Å². The molecule has 2 atom stereocenters. The van der Waals surface area contributed by atoms with E-state index < -0.39 is 0 Å². The maximum Gasteiger partial charge on any atom is 0.138 e. The first-order valence-electron chi connectivity index (χ1n) is 21.1. The zero-order valence-corrected chi connectivity index (χ0v) is 33.0. The van der Waals surface area contributed by atoms with Crippen molar-refractivity contribution < 1.29 is 8.83 Å². The summed E-state index contributed by atoms with van der Waals surface area (Å²) in [6, 6.07) is 63.6. The van der Waals surface area contributed by atoms with E-state index in [9.17, 15) is 0 Å². The third-order valence-corrected chi connectivity index (χ3v) is 13.3. The second-order valence-corrected chi connectivity index (χ2v) is 16.5. The van der Waals surface area contributed by atoms with Crippen LogP contribution in [0.4, 0.5) is 5.69 Å². The van der Waals surface area contributed by atoms with E-state index in [0.717, 1.165) is 80.0 Å². The number of furan rings is 2. The summed E-state index contributed by atoms with van der Waals surface area (Å²) in [7, 11) is 0. The van der Waals surface area contributed by atoms with Crippen molar-refractivity contribution in [3.8, 4) is 16.8 Å². The topological polar surface area (TPSA) is 43.6 Å². The first-order chi connectivity index (χ1) is 29.7. The summed E-state index contributed by atoms with van der Waals surface area (Å²) in [5, 5.41) is 10.8. The maximum atomic E-state index is 6.98. The van der Waals surface area contributed by atoms with Gasteiger partial charge in [-0.1, -0.05) is 134 Å². The first-order valence-corrected chi connectivity index (χ1v) is 21.1. The van der Waals surface area contributed by atoms with Crippen LogP contribution in [0.1, 0.15) is 42.6 Å². The van der Waals surface area contributed by atoms with E-state index in [1.165, 1.54) is 54.2 Å². The summed E-state index contributed by atoms with van der Waals surface area (Å²) in [6.07, 6.45) is 1.94. The van der Waals surface area contributed by atoms with Gasteiger partial charge in [0, 0.05) is 44.8 Å². The minimum atomic E-state index is 0.0956. The molecule has 4 heteroatoms. The van der Waals surface area contributed by atoms with Crippen LogP contribution in [0.3, 0.4) is 0 Å². The van der Waals surface area contributed by atoms with Crippen molar-refractivity contribution in [2.45, 2.75) is 25.7 Å². The van der Waals surface area contributed by atoms with Gasteiger partial charge in [-0.25, -0.2) is 4.99 Å². The van der Waals surface area contributed by atoms with Crippen LogP contribution in [0.5, 0.6) is 0 Å². The van der Waals surface area contributed by atoms with Crippen LogP contribution in [0.25, 0.3) is 93.1 Å². The van der Waals surface area contributed by atoms with Gasteiger partial charge in [-0.2, -0.15) is 0 Å². The average Bonchev–Trinajstić information content (AvgIpc) is 3.94. The zero-order chi connectivity index (χ0) is 39.5. The number of fused-ring (bicyclic) bond motifs is 9. The monoisotopic (exact) mass is 770 g/mol. The fourth-order valence-corrected chi connectivity index (χ4v) is 10.5. The Kier molecular flexibility index (Phi) is 7.14. The maximum absolute atomic E-state index is 6.98. The average molecular weight is 771 g/mol. The lowest BCUT2D eigenvalue weighted by Crippen LogP contribution is -2.17. The number of aromatic nitrogens is 1. The Balaban J connectivity index is 0.984. The molecule has 60 heavy (non-hydrogen) atoms. The van der Waals surface area contributed by atoms with E-state index in [4.69, 9.17) is 13.8 Å².